The minimum atomic E-state index is -5.11. The highest BCUT2D eigenvalue weighted by atomic mass is 32.3. The van der Waals surface area contributed by atoms with E-state index in [0.29, 0.717) is 12.8 Å². The van der Waals surface area contributed by atoms with Crippen LogP contribution in [0, 0.1) is 0 Å². The fourth-order valence-corrected chi connectivity index (χ4v) is 7.32. The quantitative estimate of drug-likeness (QED) is 0.0199. The Kier molecular flexibility index (Phi) is 31.3. The van der Waals surface area contributed by atoms with Crippen LogP contribution in [0.5, 0.6) is 0 Å². The van der Waals surface area contributed by atoms with Crippen LogP contribution in [0.3, 0.4) is 0 Å². The van der Waals surface area contributed by atoms with Crippen LogP contribution in [0.25, 0.3) is 0 Å². The summed E-state index contributed by atoms with van der Waals surface area (Å²) in [5, 5.41) is 54.9. The summed E-state index contributed by atoms with van der Waals surface area (Å²) < 4.78 is 47.3. The van der Waals surface area contributed by atoms with E-state index >= 15 is 0 Å². The highest BCUT2D eigenvalue weighted by molar-refractivity contribution is 7.80. The third kappa shape index (κ3) is 25.8. The van der Waals surface area contributed by atoms with E-state index < -0.39 is 78.5 Å². The molecule has 0 aromatic heterocycles. The van der Waals surface area contributed by atoms with Crippen LogP contribution < -0.4 is 5.32 Å². The molecule has 0 spiro atoms. The van der Waals surface area contributed by atoms with Crippen LogP contribution >= 0.6 is 0 Å². The van der Waals surface area contributed by atoms with E-state index in [4.69, 9.17) is 14.0 Å². The number of rotatable bonds is 36. The Labute approximate surface area is 338 Å². The summed E-state index contributed by atoms with van der Waals surface area (Å²) in [5.74, 6) is -0.711. The van der Waals surface area contributed by atoms with Crippen LogP contribution in [0.1, 0.15) is 174 Å². The number of aliphatic hydroxyl groups is 5. The number of unbranched alkanes of at least 4 members (excludes halogenated alkanes) is 21. The first-order valence-electron chi connectivity index (χ1n) is 21.8. The molecule has 1 fully saturated rings. The molecule has 1 heterocycles. The molecule has 0 aliphatic carbocycles. The number of amides is 1. The Morgan fingerprint density at radius 1 is 0.714 bits per heavy atom. The Morgan fingerprint density at radius 3 is 1.66 bits per heavy atom. The van der Waals surface area contributed by atoms with Gasteiger partial charge in [-0.1, -0.05) is 154 Å². The van der Waals surface area contributed by atoms with Gasteiger partial charge in [-0.25, -0.2) is 4.18 Å². The average molecular weight is 822 g/mol. The number of carbonyl (C=O) groups excluding carboxylic acids is 1. The third-order valence-electron chi connectivity index (χ3n) is 10.3. The smallest absolute Gasteiger partial charge is 0.394 e. The highest BCUT2D eigenvalue weighted by Gasteiger charge is 2.48. The van der Waals surface area contributed by atoms with E-state index in [1.165, 1.54) is 76.7 Å². The second-order valence-corrected chi connectivity index (χ2v) is 16.5. The molecule has 1 rings (SSSR count). The van der Waals surface area contributed by atoms with Crippen LogP contribution in [0.15, 0.2) is 24.3 Å². The van der Waals surface area contributed by atoms with Gasteiger partial charge in [0.05, 0.1) is 25.4 Å². The van der Waals surface area contributed by atoms with Gasteiger partial charge in [0.1, 0.15) is 30.5 Å². The molecular formula is C42H79NO12S. The van der Waals surface area contributed by atoms with Crippen molar-refractivity contribution in [3.8, 4) is 0 Å². The molecule has 0 aromatic carbocycles. The molecule has 330 valence electrons. The maximum Gasteiger partial charge on any atom is 0.397 e. The van der Waals surface area contributed by atoms with Crippen molar-refractivity contribution in [2.75, 3.05) is 13.2 Å². The number of hydrogen-bond donors (Lipinski definition) is 7. The van der Waals surface area contributed by atoms with E-state index in [9.17, 15) is 38.7 Å². The number of carbonyl (C=O) groups is 1. The average Bonchev–Trinajstić information content (AvgIpc) is 3.16. The lowest BCUT2D eigenvalue weighted by atomic mass is 9.99. The molecule has 13 nitrogen and oxygen atoms in total. The summed E-state index contributed by atoms with van der Waals surface area (Å²) in [6, 6.07) is -1.12. The SMILES string of the molecule is CCCCCCCC/C=C/C(O)C(COC1OC(CO)C(O)C(OS(=O)(=O)O)C1O)NC(=O)C(O)CCCCCCCC/C=C\CCCCCCCCCCC. The van der Waals surface area contributed by atoms with Gasteiger partial charge in [0.2, 0.25) is 5.91 Å². The molecule has 1 amide bonds. The van der Waals surface area contributed by atoms with Crippen LogP contribution in [0.2, 0.25) is 0 Å². The number of aliphatic hydroxyl groups excluding tert-OH is 5. The van der Waals surface area contributed by atoms with Gasteiger partial charge in [-0.2, -0.15) is 8.42 Å². The molecule has 1 saturated heterocycles. The van der Waals surface area contributed by atoms with E-state index in [0.717, 1.165) is 70.6 Å². The second kappa shape index (κ2) is 33.4. The van der Waals surface area contributed by atoms with Crippen molar-refractivity contribution >= 4 is 16.3 Å². The Hall–Kier alpha value is -1.46. The fourth-order valence-electron chi connectivity index (χ4n) is 6.81. The topological polar surface area (TPSA) is 212 Å². The normalized spacial score (nSPS) is 22.2. The third-order valence-corrected chi connectivity index (χ3v) is 10.8. The molecule has 0 radical (unpaired) electrons. The lowest BCUT2D eigenvalue weighted by Gasteiger charge is -2.41. The monoisotopic (exact) mass is 822 g/mol. The summed E-state index contributed by atoms with van der Waals surface area (Å²) in [4.78, 5) is 13.0. The predicted molar refractivity (Wildman–Crippen MR) is 219 cm³/mol. The lowest BCUT2D eigenvalue weighted by Crippen LogP contribution is -2.61. The maximum absolute atomic E-state index is 13.0. The minimum Gasteiger partial charge on any atom is -0.394 e. The Morgan fingerprint density at radius 2 is 1.18 bits per heavy atom. The number of hydrogen-bond acceptors (Lipinski definition) is 11. The molecule has 1 aliphatic rings. The predicted octanol–water partition coefficient (Wildman–Crippen LogP) is 6.74. The number of ether oxygens (including phenoxy) is 2. The summed E-state index contributed by atoms with van der Waals surface area (Å²) in [6.45, 7) is 3.14. The zero-order valence-corrected chi connectivity index (χ0v) is 35.4. The van der Waals surface area contributed by atoms with Crippen molar-refractivity contribution in [2.24, 2.45) is 0 Å². The van der Waals surface area contributed by atoms with E-state index in [1.807, 2.05) is 0 Å². The molecule has 8 atom stereocenters. The maximum atomic E-state index is 13.0. The zero-order valence-electron chi connectivity index (χ0n) is 34.6. The minimum absolute atomic E-state index is 0.236. The van der Waals surface area contributed by atoms with Gasteiger partial charge >= 0.3 is 10.4 Å². The lowest BCUT2D eigenvalue weighted by molar-refractivity contribution is -0.298. The molecule has 0 aromatic rings. The van der Waals surface area contributed by atoms with Gasteiger partial charge in [-0.3, -0.25) is 9.35 Å². The van der Waals surface area contributed by atoms with Crippen LogP contribution in [-0.4, -0.2) is 107 Å². The summed E-state index contributed by atoms with van der Waals surface area (Å²) in [7, 11) is -5.11. The summed E-state index contributed by atoms with van der Waals surface area (Å²) in [5.41, 5.74) is 0. The zero-order chi connectivity index (χ0) is 41.4. The van der Waals surface area contributed by atoms with Gasteiger partial charge in [0, 0.05) is 0 Å². The van der Waals surface area contributed by atoms with Crippen molar-refractivity contribution in [3.05, 3.63) is 24.3 Å². The summed E-state index contributed by atoms with van der Waals surface area (Å²) in [6.07, 6.45) is 24.4. The molecule has 7 N–H and O–H groups in total. The van der Waals surface area contributed by atoms with Crippen LogP contribution in [0.4, 0.5) is 0 Å². The highest BCUT2D eigenvalue weighted by Crippen LogP contribution is 2.26. The largest absolute Gasteiger partial charge is 0.397 e. The molecular weight excluding hydrogens is 743 g/mol. The molecule has 0 saturated carbocycles. The van der Waals surface area contributed by atoms with Crippen molar-refractivity contribution in [3.63, 3.8) is 0 Å². The second-order valence-electron chi connectivity index (χ2n) is 15.4. The molecule has 14 heteroatoms. The number of nitrogens with one attached hydrogen (secondary N) is 1. The first kappa shape index (κ1) is 52.6. The summed E-state index contributed by atoms with van der Waals surface area (Å²) >= 11 is 0. The fraction of sp³-hybridized carbons (Fsp3) is 0.881. The van der Waals surface area contributed by atoms with Gasteiger partial charge in [-0.05, 0) is 44.9 Å². The standard InChI is InChI=1S/C42H79NO12S/c1-3-5-7-9-11-13-14-15-16-17-18-19-20-21-22-23-25-27-29-31-36(46)41(49)43-34(35(45)30-28-26-24-12-10-8-6-4-2)33-53-42-39(48)40(55-56(50,51)52)38(47)37(32-44)54-42/h18-19,28,30,34-40,42,44-48H,3-17,20-27,29,31-33H2,1-2H3,(H,43,49)(H,50,51,52)/b19-18-,30-28+. The van der Waals surface area contributed by atoms with Gasteiger partial charge < -0.3 is 40.3 Å². The molecule has 1 aliphatic heterocycles. The molecule has 0 bridgehead atoms. The van der Waals surface area contributed by atoms with Gasteiger partial charge in [-0.15, -0.1) is 0 Å². The van der Waals surface area contributed by atoms with Gasteiger partial charge in [0.15, 0.2) is 6.29 Å². The van der Waals surface area contributed by atoms with Crippen LogP contribution in [-0.2, 0) is 28.9 Å². The molecule has 56 heavy (non-hydrogen) atoms. The first-order valence-corrected chi connectivity index (χ1v) is 23.2. The van der Waals surface area contributed by atoms with E-state index in [1.54, 1.807) is 6.08 Å². The Balaban J connectivity index is 2.52. The molecule has 8 unspecified atom stereocenters. The first-order chi connectivity index (χ1) is 26.9. The van der Waals surface area contributed by atoms with Gasteiger partial charge in [0.25, 0.3) is 0 Å². The number of allylic oxidation sites excluding steroid dienone is 3. The van der Waals surface area contributed by atoms with Crippen molar-refractivity contribution < 1.29 is 57.0 Å². The van der Waals surface area contributed by atoms with E-state index in [2.05, 4.69) is 35.5 Å². The Bertz CT molecular complexity index is 1120. The van der Waals surface area contributed by atoms with Crippen molar-refractivity contribution in [1.82, 2.24) is 5.32 Å². The van der Waals surface area contributed by atoms with Crippen molar-refractivity contribution in [1.29, 1.82) is 0 Å². The van der Waals surface area contributed by atoms with E-state index in [-0.39, 0.29) is 6.42 Å². The van der Waals surface area contributed by atoms with Crippen molar-refractivity contribution in [2.45, 2.75) is 223 Å².